The molecule has 5 heterocycles. The molecule has 2 N–H and O–H groups in total. The topological polar surface area (TPSA) is 137 Å². The highest BCUT2D eigenvalue weighted by Crippen LogP contribution is 2.36. The standard InChI is InChI=1S/C28H35F3N6O6/c1-26(2,3)43-25(39)37-10-6-7-15-18(37)9-8-16(34-15)24(38)33-11-19-23-22(41-27(4,5)42-23)17(14-40-19)35-21-13-32-12-20(36-21)28(29,30)31/h8-9,12-13,17,19,22-23H,6-7,10-11,14H2,1-5H3,(H,33,38)(H,35,36)/t17-,19+,22+,23-/m0/s1. The molecule has 3 aliphatic rings. The number of nitrogens with zero attached hydrogens (tertiary/aromatic N) is 4. The van der Waals surface area contributed by atoms with E-state index in [1.54, 1.807) is 46.8 Å². The van der Waals surface area contributed by atoms with Gasteiger partial charge in [0, 0.05) is 13.1 Å². The molecule has 0 aliphatic carbocycles. The zero-order valence-electron chi connectivity index (χ0n) is 24.5. The van der Waals surface area contributed by atoms with Crippen LogP contribution in [0.5, 0.6) is 0 Å². The molecule has 2 aromatic rings. The first-order valence-corrected chi connectivity index (χ1v) is 14.0. The van der Waals surface area contributed by atoms with Gasteiger partial charge >= 0.3 is 12.3 Å². The summed E-state index contributed by atoms with van der Waals surface area (Å²) in [7, 11) is 0. The van der Waals surface area contributed by atoms with Gasteiger partial charge in [0.2, 0.25) is 0 Å². The van der Waals surface area contributed by atoms with E-state index in [4.69, 9.17) is 18.9 Å². The van der Waals surface area contributed by atoms with Crippen molar-refractivity contribution in [3.05, 3.63) is 41.6 Å². The van der Waals surface area contributed by atoms with Crippen LogP contribution in [-0.4, -0.2) is 82.4 Å². The Kier molecular flexibility index (Phi) is 8.26. The number of anilines is 2. The maximum Gasteiger partial charge on any atom is 0.434 e. The maximum absolute atomic E-state index is 13.1. The third kappa shape index (κ3) is 7.16. The molecule has 2 saturated heterocycles. The fraction of sp³-hybridized carbons (Fsp3) is 0.607. The molecule has 0 unspecified atom stereocenters. The fourth-order valence-electron chi connectivity index (χ4n) is 5.26. The Morgan fingerprint density at radius 2 is 1.86 bits per heavy atom. The predicted octanol–water partition coefficient (Wildman–Crippen LogP) is 3.71. The molecule has 3 aliphatic heterocycles. The molecule has 0 aromatic carbocycles. The molecule has 2 amide bonds. The van der Waals surface area contributed by atoms with Crippen molar-refractivity contribution < 1.29 is 41.7 Å². The number of halogens is 3. The van der Waals surface area contributed by atoms with Crippen LogP contribution in [0.3, 0.4) is 0 Å². The van der Waals surface area contributed by atoms with E-state index in [2.05, 4.69) is 25.6 Å². The van der Waals surface area contributed by atoms with Crippen LogP contribution in [0.25, 0.3) is 0 Å². The van der Waals surface area contributed by atoms with Crippen LogP contribution >= 0.6 is 0 Å². The summed E-state index contributed by atoms with van der Waals surface area (Å²) in [5, 5.41) is 5.76. The normalized spacial score (nSPS) is 25.0. The van der Waals surface area contributed by atoms with Crippen LogP contribution in [0.4, 0.5) is 29.5 Å². The number of nitrogens with one attached hydrogen (secondary N) is 2. The van der Waals surface area contributed by atoms with Gasteiger partial charge in [-0.1, -0.05) is 0 Å². The van der Waals surface area contributed by atoms with Crippen LogP contribution < -0.4 is 15.5 Å². The Bertz CT molecular complexity index is 1370. The molecule has 5 rings (SSSR count). The highest BCUT2D eigenvalue weighted by molar-refractivity contribution is 5.94. The molecule has 2 fully saturated rings. The smallest absolute Gasteiger partial charge is 0.434 e. The Balaban J connectivity index is 1.23. The molecule has 0 spiro atoms. The molecule has 15 heteroatoms. The first-order chi connectivity index (χ1) is 20.1. The quantitative estimate of drug-likeness (QED) is 0.517. The third-order valence-corrected chi connectivity index (χ3v) is 7.02. The third-order valence-electron chi connectivity index (χ3n) is 7.02. The summed E-state index contributed by atoms with van der Waals surface area (Å²) in [6, 6.07) is 2.65. The van der Waals surface area contributed by atoms with Crippen molar-refractivity contribution in [3.63, 3.8) is 0 Å². The molecular formula is C28H35F3N6O6. The summed E-state index contributed by atoms with van der Waals surface area (Å²) in [5.74, 6) is -1.51. The second-order valence-corrected chi connectivity index (χ2v) is 12.1. The largest absolute Gasteiger partial charge is 0.443 e. The number of aryl methyl sites for hydroxylation is 1. The van der Waals surface area contributed by atoms with Crippen molar-refractivity contribution in [2.75, 3.05) is 29.9 Å². The number of pyridine rings is 1. The van der Waals surface area contributed by atoms with E-state index in [0.29, 0.717) is 37.0 Å². The summed E-state index contributed by atoms with van der Waals surface area (Å²) in [5.41, 5.74) is -0.349. The zero-order chi connectivity index (χ0) is 31.2. The van der Waals surface area contributed by atoms with Crippen LogP contribution in [0.15, 0.2) is 24.5 Å². The van der Waals surface area contributed by atoms with E-state index in [1.165, 1.54) is 11.1 Å². The first-order valence-electron chi connectivity index (χ1n) is 14.0. The van der Waals surface area contributed by atoms with Crippen molar-refractivity contribution in [2.24, 2.45) is 0 Å². The number of fused-ring (bicyclic) bond motifs is 2. The van der Waals surface area contributed by atoms with Gasteiger partial charge in [0.25, 0.3) is 5.91 Å². The number of hydrogen-bond acceptors (Lipinski definition) is 10. The zero-order valence-corrected chi connectivity index (χ0v) is 24.5. The molecule has 2 aromatic heterocycles. The number of aromatic nitrogens is 3. The minimum absolute atomic E-state index is 0.0522. The lowest BCUT2D eigenvalue weighted by atomic mass is 9.98. The van der Waals surface area contributed by atoms with E-state index >= 15 is 0 Å². The van der Waals surface area contributed by atoms with Crippen molar-refractivity contribution in [2.45, 2.75) is 89.4 Å². The van der Waals surface area contributed by atoms with Gasteiger partial charge in [-0.15, -0.1) is 0 Å². The van der Waals surface area contributed by atoms with E-state index in [1.807, 2.05) is 0 Å². The highest BCUT2D eigenvalue weighted by atomic mass is 19.4. The highest BCUT2D eigenvalue weighted by Gasteiger charge is 2.52. The maximum atomic E-state index is 13.1. The Morgan fingerprint density at radius 3 is 2.58 bits per heavy atom. The van der Waals surface area contributed by atoms with E-state index < -0.39 is 59.6 Å². The molecule has 4 atom stereocenters. The monoisotopic (exact) mass is 608 g/mol. The van der Waals surface area contributed by atoms with Gasteiger partial charge in [0.05, 0.1) is 36.4 Å². The van der Waals surface area contributed by atoms with Crippen LogP contribution in [0.1, 0.15) is 62.9 Å². The molecule has 234 valence electrons. The summed E-state index contributed by atoms with van der Waals surface area (Å²) < 4.78 is 63.0. The number of amides is 2. The van der Waals surface area contributed by atoms with Crippen LogP contribution in [-0.2, 0) is 31.5 Å². The Labute approximate surface area is 246 Å². The van der Waals surface area contributed by atoms with Gasteiger partial charge in [0.1, 0.15) is 35.4 Å². The number of carbonyl (C=O) groups excluding carboxylic acids is 2. The van der Waals surface area contributed by atoms with Crippen LogP contribution in [0.2, 0.25) is 0 Å². The molecule has 43 heavy (non-hydrogen) atoms. The number of ether oxygens (including phenoxy) is 4. The van der Waals surface area contributed by atoms with Crippen molar-refractivity contribution in [1.82, 2.24) is 20.3 Å². The lowest BCUT2D eigenvalue weighted by molar-refractivity contribution is -0.153. The Hall–Kier alpha value is -3.56. The summed E-state index contributed by atoms with van der Waals surface area (Å²) in [4.78, 5) is 39.1. The molecule has 0 radical (unpaired) electrons. The Morgan fingerprint density at radius 1 is 1.12 bits per heavy atom. The first kappa shape index (κ1) is 30.9. The van der Waals surface area contributed by atoms with Gasteiger partial charge < -0.3 is 29.6 Å². The summed E-state index contributed by atoms with van der Waals surface area (Å²) in [6.07, 6.45) is -3.84. The fourth-order valence-corrected chi connectivity index (χ4v) is 5.26. The minimum Gasteiger partial charge on any atom is -0.443 e. The van der Waals surface area contributed by atoms with Crippen molar-refractivity contribution >= 4 is 23.5 Å². The lowest BCUT2D eigenvalue weighted by Crippen LogP contribution is -2.57. The van der Waals surface area contributed by atoms with Gasteiger partial charge in [-0.2, -0.15) is 13.2 Å². The van der Waals surface area contributed by atoms with Crippen molar-refractivity contribution in [1.29, 1.82) is 0 Å². The van der Waals surface area contributed by atoms with E-state index in [9.17, 15) is 22.8 Å². The lowest BCUT2D eigenvalue weighted by Gasteiger charge is -2.37. The van der Waals surface area contributed by atoms with Crippen LogP contribution in [0, 0.1) is 0 Å². The number of carbonyl (C=O) groups is 2. The summed E-state index contributed by atoms with van der Waals surface area (Å²) >= 11 is 0. The summed E-state index contributed by atoms with van der Waals surface area (Å²) in [6.45, 7) is 9.45. The second kappa shape index (κ2) is 11.5. The van der Waals surface area contributed by atoms with Gasteiger partial charge in [-0.05, 0) is 59.6 Å². The van der Waals surface area contributed by atoms with Gasteiger partial charge in [-0.3, -0.25) is 14.7 Å². The minimum atomic E-state index is -4.64. The average Bonchev–Trinajstić information content (AvgIpc) is 3.26. The molecule has 12 nitrogen and oxygen atoms in total. The van der Waals surface area contributed by atoms with E-state index in [0.717, 1.165) is 0 Å². The van der Waals surface area contributed by atoms with Gasteiger partial charge in [0.15, 0.2) is 11.5 Å². The molecule has 0 saturated carbocycles. The van der Waals surface area contributed by atoms with Crippen molar-refractivity contribution in [3.8, 4) is 0 Å². The molecular weight excluding hydrogens is 573 g/mol. The number of alkyl halides is 3. The molecule has 0 bridgehead atoms. The van der Waals surface area contributed by atoms with E-state index in [-0.39, 0.29) is 24.7 Å². The second-order valence-electron chi connectivity index (χ2n) is 12.1. The number of rotatable bonds is 5. The predicted molar refractivity (Wildman–Crippen MR) is 146 cm³/mol. The SMILES string of the molecule is CC(C)(C)OC(=O)N1CCCc2nc(C(=O)NC[C@H]3OC[C@H](Nc4cncc(C(F)(F)F)n4)[C@H]4OC(C)(C)O[C@H]43)ccc21. The van der Waals surface area contributed by atoms with Gasteiger partial charge in [-0.25, -0.2) is 14.8 Å². The number of hydrogen-bond donors (Lipinski definition) is 2. The average molecular weight is 609 g/mol.